The summed E-state index contributed by atoms with van der Waals surface area (Å²) >= 11 is 17.8. The average molecular weight is 1930 g/mol. The molecular formula is C90H83Cl3N14O19S5. The van der Waals surface area contributed by atoms with Gasteiger partial charge in [-0.15, -0.1) is 0 Å². The van der Waals surface area contributed by atoms with Crippen LogP contribution in [-0.2, 0) is 59.7 Å². The number of hydrogen-bond acceptors (Lipinski definition) is 26. The fourth-order valence-electron chi connectivity index (χ4n) is 12.4. The number of amides is 2. The van der Waals surface area contributed by atoms with E-state index in [-0.39, 0.29) is 83.0 Å². The lowest BCUT2D eigenvalue weighted by molar-refractivity contribution is -0.130. The number of nitrogens with zero attached hydrogens (tertiary/aromatic N) is 8. The molecule has 678 valence electrons. The standard InChI is InChI=1S/C19H14N2O3S.C16H13ClN2O5S2.C15H10Cl2N2O3S.C15H17N3O3.C14H17N3O3S.C11H12N2O2/c22-25(23,17-11-10-14-6-4-5-9-16(14)12-17)21-18-13-20-24-19(18)15-7-2-1-3-8-15;1-25(20,21)12-7-8-13(17)15(9-12)26(22,23)19-14-10-18-24-16(14)11-5-3-2-4-6-11;16-11-6-7-12(17)14(8-11)23(20,21)19-13-9-18-22-15(13)10-4-2-1-3-5-10;1-18(2)14(20)9-8-13(19)17-15-12(10-16-21-15)11-6-4-3-5-7-11;18-21(19,17-9-5-2-6-10-17)16-13-11-15-20-14(13)12-7-3-1-4-8-12;14-7-6-12-11-10(8-13-15-11)9-4-2-1-3-5-9/h1-13,21H;2-10,19H,1H3;1-9,19H;3-7,10H,8-9H2,1-2H3,(H,17,19);1,3-4,7-8,11,16H,2,5-6,9-10H2;1-5,8,12,14H,6-7H2. The Bertz CT molecular complexity index is 7100. The number of anilines is 6. The molecule has 1 saturated heterocycles. The van der Waals surface area contributed by atoms with Gasteiger partial charge in [-0.05, 0) is 83.3 Å². The first-order valence-corrected chi connectivity index (χ1v) is 48.5. The molecule has 7 N–H and O–H groups in total. The Hall–Kier alpha value is -13.8. The number of carbonyl (C=O) groups excluding carboxylic acids is 2. The predicted octanol–water partition coefficient (Wildman–Crippen LogP) is 18.3. The molecule has 131 heavy (non-hydrogen) atoms. The lowest BCUT2D eigenvalue weighted by atomic mass is 10.1. The largest absolute Gasteiger partial charge is 0.395 e. The van der Waals surface area contributed by atoms with Gasteiger partial charge < -0.3 is 42.5 Å². The van der Waals surface area contributed by atoms with Gasteiger partial charge >= 0.3 is 10.2 Å². The van der Waals surface area contributed by atoms with E-state index in [0.29, 0.717) is 76.7 Å². The Morgan fingerprint density at radius 1 is 0.397 bits per heavy atom. The molecule has 0 bridgehead atoms. The number of hydrogen-bond donors (Lipinski definition) is 7. The van der Waals surface area contributed by atoms with Crippen molar-refractivity contribution >= 4 is 142 Å². The Morgan fingerprint density at radius 3 is 1.21 bits per heavy atom. The van der Waals surface area contributed by atoms with Crippen LogP contribution in [0.4, 0.5) is 34.5 Å². The van der Waals surface area contributed by atoms with Crippen molar-refractivity contribution in [3.63, 3.8) is 0 Å². The van der Waals surface area contributed by atoms with Gasteiger partial charge in [-0.2, -0.15) is 12.7 Å². The second kappa shape index (κ2) is 45.0. The van der Waals surface area contributed by atoms with Crippen LogP contribution in [0.3, 0.4) is 0 Å². The number of piperidine rings is 1. The summed E-state index contributed by atoms with van der Waals surface area (Å²) in [6.45, 7) is 1.63. The van der Waals surface area contributed by atoms with Gasteiger partial charge in [0.15, 0.2) is 32.9 Å². The summed E-state index contributed by atoms with van der Waals surface area (Å²) in [5.41, 5.74) is 7.40. The Balaban J connectivity index is 0.000000143. The van der Waals surface area contributed by atoms with Crippen molar-refractivity contribution in [1.82, 2.24) is 40.1 Å². The highest BCUT2D eigenvalue weighted by Crippen LogP contribution is 2.38. The van der Waals surface area contributed by atoms with Gasteiger partial charge in [0.05, 0.1) is 74.8 Å². The molecule has 1 aliphatic heterocycles. The molecule has 0 aliphatic carbocycles. The number of rotatable bonds is 26. The highest BCUT2D eigenvalue weighted by molar-refractivity contribution is 7.93. The summed E-state index contributed by atoms with van der Waals surface area (Å²) in [6, 6.07) is 76.0. The number of sulfonamides is 3. The number of carbonyl (C=O) groups is 2. The molecule has 0 saturated carbocycles. The molecule has 0 unspecified atom stereocenters. The van der Waals surface area contributed by atoms with Gasteiger partial charge in [0.2, 0.25) is 23.6 Å². The van der Waals surface area contributed by atoms with Crippen LogP contribution in [0, 0.1) is 0 Å². The second-order valence-corrected chi connectivity index (χ2v) is 38.3. The monoisotopic (exact) mass is 1930 g/mol. The van der Waals surface area contributed by atoms with Gasteiger partial charge in [-0.3, -0.25) is 33.8 Å². The Morgan fingerprint density at radius 2 is 0.771 bits per heavy atom. The first-order valence-electron chi connectivity index (χ1n) is 39.6. The molecule has 7 heterocycles. The van der Waals surface area contributed by atoms with Crippen LogP contribution in [-0.4, -0.2) is 146 Å². The van der Waals surface area contributed by atoms with Crippen LogP contribution in [0.25, 0.3) is 78.3 Å². The van der Waals surface area contributed by atoms with Crippen molar-refractivity contribution < 1.29 is 83.9 Å². The lowest BCUT2D eigenvalue weighted by Gasteiger charge is -2.25. The van der Waals surface area contributed by atoms with Crippen LogP contribution in [0.2, 0.25) is 15.1 Å². The topological polar surface area (TPSA) is 460 Å². The fourth-order valence-corrected chi connectivity index (χ4v) is 18.9. The fraction of sp³-hybridized carbons (Fsp3) is 0.133. The maximum Gasteiger partial charge on any atom is 0.301 e. The number of sulfone groups is 1. The zero-order valence-corrected chi connectivity index (χ0v) is 76.1. The molecule has 2 amide bonds. The summed E-state index contributed by atoms with van der Waals surface area (Å²) in [7, 11) is -15.7. The third-order valence-corrected chi connectivity index (χ3v) is 26.8. The number of aliphatic hydroxyl groups is 1. The number of nitrogens with one attached hydrogen (secondary N) is 6. The van der Waals surface area contributed by atoms with E-state index in [4.69, 9.17) is 67.0 Å². The zero-order valence-electron chi connectivity index (χ0n) is 69.7. The maximum atomic E-state index is 12.7. The van der Waals surface area contributed by atoms with Crippen LogP contribution >= 0.6 is 34.8 Å². The zero-order chi connectivity index (χ0) is 93.1. The van der Waals surface area contributed by atoms with E-state index in [1.165, 1.54) is 64.3 Å². The predicted molar refractivity (Wildman–Crippen MR) is 499 cm³/mol. The molecular weight excluding hydrogens is 1850 g/mol. The van der Waals surface area contributed by atoms with Gasteiger partial charge in [0.25, 0.3) is 30.1 Å². The van der Waals surface area contributed by atoms with Crippen molar-refractivity contribution in [1.29, 1.82) is 0 Å². The SMILES string of the molecule is CN(C)C(=O)CCC(=O)Nc1oncc1-c1ccccc1.CS(=O)(=O)c1ccc(Cl)c(S(=O)(=O)Nc2cnoc2-c2ccccc2)c1.O=S(=O)(Nc1cnoc1-c1ccccc1)N1CCCCC1.O=S(=O)(Nc1cnoc1-c1ccccc1)c1cc(Cl)ccc1Cl.O=S(=O)(Nc1cnoc1-c1ccccc1)c1ccc2ccccc2c1.OCCNc1oncc1-c1ccccc1. The smallest absolute Gasteiger partial charge is 0.301 e. The first kappa shape index (κ1) is 96.3. The second-order valence-electron chi connectivity index (χ2n) is 28.4. The summed E-state index contributed by atoms with van der Waals surface area (Å²) in [5, 5.41) is 38.5. The van der Waals surface area contributed by atoms with Crippen molar-refractivity contribution in [2.75, 3.05) is 76.1 Å². The summed E-state index contributed by atoms with van der Waals surface area (Å²) in [4.78, 5) is 24.3. The minimum absolute atomic E-state index is 0.0644. The highest BCUT2D eigenvalue weighted by Gasteiger charge is 2.29. The van der Waals surface area contributed by atoms with E-state index in [9.17, 15) is 51.7 Å². The molecule has 0 spiro atoms. The normalized spacial score (nSPS) is 12.1. The van der Waals surface area contributed by atoms with Crippen LogP contribution in [0.5, 0.6) is 0 Å². The summed E-state index contributed by atoms with van der Waals surface area (Å²) < 4.78 is 166. The highest BCUT2D eigenvalue weighted by atomic mass is 35.5. The van der Waals surface area contributed by atoms with Crippen LogP contribution in [0.1, 0.15) is 32.1 Å². The average Bonchev–Trinajstić information content (AvgIpc) is 1.22. The van der Waals surface area contributed by atoms with E-state index >= 15 is 0 Å². The third-order valence-electron chi connectivity index (χ3n) is 18.9. The van der Waals surface area contributed by atoms with Gasteiger partial charge in [-0.1, -0.05) is 284 Å². The number of fused-ring (bicyclic) bond motifs is 1. The third kappa shape index (κ3) is 26.5. The van der Waals surface area contributed by atoms with Crippen molar-refractivity contribution in [2.45, 2.75) is 51.7 Å². The van der Waals surface area contributed by atoms with E-state index < -0.39 is 50.1 Å². The molecule has 41 heteroatoms. The summed E-state index contributed by atoms with van der Waals surface area (Å²) in [6.07, 6.45) is 12.6. The Kier molecular flexibility index (Phi) is 33.0. The molecule has 16 aromatic rings. The van der Waals surface area contributed by atoms with E-state index in [0.717, 1.165) is 70.2 Å². The minimum atomic E-state index is -4.17. The van der Waals surface area contributed by atoms with Crippen molar-refractivity contribution in [3.8, 4) is 67.5 Å². The van der Waals surface area contributed by atoms with Crippen LogP contribution < -0.4 is 29.5 Å². The van der Waals surface area contributed by atoms with E-state index in [1.54, 1.807) is 87.2 Å². The van der Waals surface area contributed by atoms with E-state index in [1.807, 2.05) is 164 Å². The Labute approximate surface area is 768 Å². The number of halogens is 3. The molecule has 0 radical (unpaired) electrons. The molecule has 1 aliphatic rings. The number of aliphatic hydroxyl groups excluding tert-OH is 1. The van der Waals surface area contributed by atoms with E-state index in [2.05, 4.69) is 60.5 Å². The molecule has 0 atom stereocenters. The number of benzene rings is 10. The quantitative estimate of drug-likeness (QED) is 0.0265. The molecule has 10 aromatic carbocycles. The molecule has 1 fully saturated rings. The minimum Gasteiger partial charge on any atom is -0.395 e. The molecule has 33 nitrogen and oxygen atoms in total. The lowest BCUT2D eigenvalue weighted by Crippen LogP contribution is -2.39. The number of aromatic nitrogens is 6. The van der Waals surface area contributed by atoms with Crippen molar-refractivity contribution in [3.05, 3.63) is 313 Å². The summed E-state index contributed by atoms with van der Waals surface area (Å²) in [5.74, 6) is 1.86. The molecule has 6 aromatic heterocycles. The maximum absolute atomic E-state index is 12.7. The van der Waals surface area contributed by atoms with Gasteiger partial charge in [0, 0.05) is 80.1 Å². The first-order chi connectivity index (χ1) is 62.9. The van der Waals surface area contributed by atoms with Gasteiger partial charge in [0.1, 0.15) is 32.5 Å². The van der Waals surface area contributed by atoms with Crippen LogP contribution in [0.15, 0.2) is 345 Å². The van der Waals surface area contributed by atoms with Gasteiger partial charge in [-0.25, -0.2) is 33.7 Å². The van der Waals surface area contributed by atoms with Crippen molar-refractivity contribution in [2.24, 2.45) is 0 Å². The molecule has 17 rings (SSSR count).